The SMILES string of the molecule is CNC(=S)N1CCN(I)c2cc3c(cc21)-c1cn(C)c(=O)c2[nH]cc(c12)CN3c1ncc(F)cc1F. The molecule has 0 saturated heterocycles. The Morgan fingerprint density at radius 2 is 1.97 bits per heavy atom. The summed E-state index contributed by atoms with van der Waals surface area (Å²) in [6.45, 7) is 1.65. The molecule has 12 heteroatoms. The van der Waals surface area contributed by atoms with Crippen LogP contribution in [0.4, 0.5) is 31.7 Å². The molecule has 0 amide bonds. The third-order valence-corrected chi connectivity index (χ3v) is 8.09. The predicted octanol–water partition coefficient (Wildman–Crippen LogP) is 4.34. The van der Waals surface area contributed by atoms with Gasteiger partial charge in [-0.25, -0.2) is 13.8 Å². The maximum absolute atomic E-state index is 15.1. The number of H-pyrrole nitrogens is 1. The summed E-state index contributed by atoms with van der Waals surface area (Å²) in [5, 5.41) is 4.42. The first-order valence-electron chi connectivity index (χ1n) is 11.2. The number of nitrogens with one attached hydrogen (secondary N) is 2. The van der Waals surface area contributed by atoms with Gasteiger partial charge < -0.3 is 27.8 Å². The van der Waals surface area contributed by atoms with Gasteiger partial charge in [0.25, 0.3) is 5.56 Å². The molecule has 4 aromatic rings. The number of fused-ring (bicyclic) bond motifs is 3. The van der Waals surface area contributed by atoms with Crippen molar-refractivity contribution in [2.24, 2.45) is 7.05 Å². The van der Waals surface area contributed by atoms with Crippen molar-refractivity contribution in [1.29, 1.82) is 0 Å². The average molecular weight is 619 g/mol. The molecule has 0 aliphatic carbocycles. The molecule has 2 aliphatic rings. The van der Waals surface area contributed by atoms with Gasteiger partial charge in [0.2, 0.25) is 0 Å². The van der Waals surface area contributed by atoms with E-state index in [1.54, 1.807) is 31.4 Å². The first-order valence-corrected chi connectivity index (χ1v) is 12.5. The lowest BCUT2D eigenvalue weighted by molar-refractivity contribution is 0.571. The number of nitrogens with zero attached hydrogens (tertiary/aromatic N) is 5. The molecule has 184 valence electrons. The smallest absolute Gasteiger partial charge is 0.274 e. The Bertz CT molecular complexity index is 1640. The van der Waals surface area contributed by atoms with Crippen LogP contribution in [0, 0.1) is 11.6 Å². The molecule has 1 aromatic carbocycles. The zero-order chi connectivity index (χ0) is 25.3. The van der Waals surface area contributed by atoms with Crippen LogP contribution < -0.4 is 23.8 Å². The second kappa shape index (κ2) is 8.40. The third-order valence-electron chi connectivity index (χ3n) is 6.67. The maximum atomic E-state index is 15.1. The molecule has 0 bridgehead atoms. The zero-order valence-electron chi connectivity index (χ0n) is 19.3. The summed E-state index contributed by atoms with van der Waals surface area (Å²) in [5.41, 5.74) is 5.23. The number of aryl methyl sites for hydroxylation is 1. The van der Waals surface area contributed by atoms with E-state index in [1.807, 2.05) is 17.0 Å². The largest absolute Gasteiger partial charge is 0.365 e. The fourth-order valence-electron chi connectivity index (χ4n) is 5.00. The Kier molecular flexibility index (Phi) is 5.41. The van der Waals surface area contributed by atoms with E-state index in [4.69, 9.17) is 12.2 Å². The summed E-state index contributed by atoms with van der Waals surface area (Å²) in [6, 6.07) is 4.84. The van der Waals surface area contributed by atoms with Crippen molar-refractivity contribution in [2.45, 2.75) is 6.54 Å². The number of thiocarbonyl (C=S) groups is 1. The Morgan fingerprint density at radius 1 is 1.17 bits per heavy atom. The van der Waals surface area contributed by atoms with Crippen LogP contribution in [-0.2, 0) is 13.6 Å². The molecule has 0 radical (unpaired) electrons. The number of hydrogen-bond acceptors (Lipinski definition) is 5. The minimum atomic E-state index is -0.768. The molecule has 2 aliphatic heterocycles. The molecule has 2 N–H and O–H groups in total. The van der Waals surface area contributed by atoms with Crippen LogP contribution in [0.5, 0.6) is 0 Å². The van der Waals surface area contributed by atoms with Crippen molar-refractivity contribution in [1.82, 2.24) is 19.9 Å². The quantitative estimate of drug-likeness (QED) is 0.187. The van der Waals surface area contributed by atoms with E-state index in [2.05, 4.69) is 41.3 Å². The van der Waals surface area contributed by atoms with Crippen LogP contribution >= 0.6 is 35.1 Å². The molecule has 0 unspecified atom stereocenters. The maximum Gasteiger partial charge on any atom is 0.274 e. The van der Waals surface area contributed by atoms with Gasteiger partial charge in [-0.15, -0.1) is 0 Å². The van der Waals surface area contributed by atoms with E-state index in [1.165, 1.54) is 4.57 Å². The molecule has 0 atom stereocenters. The molecule has 0 saturated carbocycles. The lowest BCUT2D eigenvalue weighted by Gasteiger charge is -2.37. The van der Waals surface area contributed by atoms with Crippen molar-refractivity contribution < 1.29 is 8.78 Å². The average Bonchev–Trinajstić information content (AvgIpc) is 3.23. The number of aromatic nitrogens is 3. The second-order valence-corrected chi connectivity index (χ2v) is 10.3. The number of hydrogen-bond donors (Lipinski definition) is 2. The summed E-state index contributed by atoms with van der Waals surface area (Å²) < 4.78 is 32.5. The van der Waals surface area contributed by atoms with Crippen LogP contribution in [0.2, 0.25) is 0 Å². The van der Waals surface area contributed by atoms with Crippen molar-refractivity contribution in [3.05, 3.63) is 64.3 Å². The summed E-state index contributed by atoms with van der Waals surface area (Å²) >= 11 is 7.85. The molecular weight excluding hydrogens is 599 g/mol. The first kappa shape index (κ1) is 23.2. The van der Waals surface area contributed by atoms with Crippen LogP contribution in [0.25, 0.3) is 22.0 Å². The zero-order valence-corrected chi connectivity index (χ0v) is 22.2. The fraction of sp³-hybridized carbons (Fsp3) is 0.208. The first-order chi connectivity index (χ1) is 17.3. The molecule has 3 aromatic heterocycles. The van der Waals surface area contributed by atoms with Gasteiger partial charge in [0.1, 0.15) is 11.3 Å². The van der Waals surface area contributed by atoms with Crippen LogP contribution in [0.3, 0.4) is 0 Å². The minimum Gasteiger partial charge on any atom is -0.365 e. The Morgan fingerprint density at radius 3 is 2.72 bits per heavy atom. The van der Waals surface area contributed by atoms with Crippen LogP contribution in [0.15, 0.2) is 41.6 Å². The monoisotopic (exact) mass is 619 g/mol. The predicted molar refractivity (Wildman–Crippen MR) is 149 cm³/mol. The van der Waals surface area contributed by atoms with E-state index in [-0.39, 0.29) is 17.9 Å². The topological polar surface area (TPSA) is 72.4 Å². The van der Waals surface area contributed by atoms with Crippen molar-refractivity contribution in [3.8, 4) is 11.1 Å². The summed E-state index contributed by atoms with van der Waals surface area (Å²) in [4.78, 5) is 23.9. The Hall–Kier alpha value is -3.26. The lowest BCUT2D eigenvalue weighted by Crippen LogP contribution is -2.45. The normalized spacial score (nSPS) is 14.5. The second-order valence-electron chi connectivity index (χ2n) is 8.72. The molecule has 6 rings (SSSR count). The molecule has 5 heterocycles. The summed E-state index contributed by atoms with van der Waals surface area (Å²) in [5.74, 6) is -1.51. The van der Waals surface area contributed by atoms with E-state index >= 15 is 4.39 Å². The van der Waals surface area contributed by atoms with Gasteiger partial charge in [-0.1, -0.05) is 0 Å². The number of rotatable bonds is 1. The highest BCUT2D eigenvalue weighted by Gasteiger charge is 2.32. The molecule has 0 spiro atoms. The highest BCUT2D eigenvalue weighted by molar-refractivity contribution is 14.1. The molecule has 0 fully saturated rings. The third kappa shape index (κ3) is 3.38. The van der Waals surface area contributed by atoms with Crippen LogP contribution in [0.1, 0.15) is 5.56 Å². The van der Waals surface area contributed by atoms with Crippen molar-refractivity contribution in [3.63, 3.8) is 0 Å². The van der Waals surface area contributed by atoms with Gasteiger partial charge in [0, 0.05) is 62.2 Å². The molecular formula is C24H20F2IN7OS. The fourth-order valence-corrected chi connectivity index (χ4v) is 5.79. The Labute approximate surface area is 224 Å². The van der Waals surface area contributed by atoms with Gasteiger partial charge in [-0.2, -0.15) is 0 Å². The number of benzene rings is 1. The van der Waals surface area contributed by atoms with E-state index in [0.29, 0.717) is 22.9 Å². The summed E-state index contributed by atoms with van der Waals surface area (Å²) in [6.07, 6.45) is 4.58. The van der Waals surface area contributed by atoms with Gasteiger partial charge in [-0.05, 0) is 29.9 Å². The van der Waals surface area contributed by atoms with Gasteiger partial charge in [-0.3, -0.25) is 4.79 Å². The number of pyridine rings is 2. The standard InChI is InChI=1S/C24H20F2IN7OS/c1-28-24(36)32-3-4-34(27)19-7-17-14(6-18(19)32)15-11-31(2)23(35)21-20(15)12(8-29-21)10-33(17)22-16(26)5-13(25)9-30-22/h5-9,11,29H,3-4,10H2,1-2H3,(H,28,36). The Balaban J connectivity index is 1.71. The number of aromatic amines is 1. The van der Waals surface area contributed by atoms with Gasteiger partial charge in [0.05, 0.1) is 52.7 Å². The minimum absolute atomic E-state index is 0.00453. The van der Waals surface area contributed by atoms with Crippen molar-refractivity contribution >= 4 is 74.0 Å². The molecule has 8 nitrogen and oxygen atoms in total. The van der Waals surface area contributed by atoms with E-state index in [9.17, 15) is 9.18 Å². The number of anilines is 4. The van der Waals surface area contributed by atoms with Crippen molar-refractivity contribution in [2.75, 3.05) is 33.1 Å². The summed E-state index contributed by atoms with van der Waals surface area (Å²) in [7, 11) is 3.49. The van der Waals surface area contributed by atoms with Gasteiger partial charge >= 0.3 is 0 Å². The highest BCUT2D eigenvalue weighted by Crippen LogP contribution is 2.49. The van der Waals surface area contributed by atoms with E-state index < -0.39 is 11.6 Å². The van der Waals surface area contributed by atoms with E-state index in [0.717, 1.165) is 52.3 Å². The van der Waals surface area contributed by atoms with Crippen LogP contribution in [-0.4, -0.2) is 39.8 Å². The number of halogens is 3. The lowest BCUT2D eigenvalue weighted by atomic mass is 9.98. The van der Waals surface area contributed by atoms with Gasteiger partial charge in [0.15, 0.2) is 16.7 Å². The highest BCUT2D eigenvalue weighted by atomic mass is 127. The molecule has 36 heavy (non-hydrogen) atoms.